The number of benzene rings is 3. The van der Waals surface area contributed by atoms with Gasteiger partial charge in [-0.3, -0.25) is 9.59 Å². The molecule has 0 saturated heterocycles. The van der Waals surface area contributed by atoms with E-state index in [1.54, 1.807) is 30.3 Å². The molecule has 0 unspecified atom stereocenters. The first-order chi connectivity index (χ1) is 17.3. The summed E-state index contributed by atoms with van der Waals surface area (Å²) in [7, 11) is 0. The van der Waals surface area contributed by atoms with Crippen molar-refractivity contribution in [2.45, 2.75) is 51.1 Å². The smallest absolute Gasteiger partial charge is 0.416 e. The molecule has 4 nitrogen and oxygen atoms in total. The molecule has 1 aliphatic carbocycles. The van der Waals surface area contributed by atoms with Crippen molar-refractivity contribution >= 4 is 22.5 Å². The number of ketones is 1. The van der Waals surface area contributed by atoms with E-state index >= 15 is 0 Å². The lowest BCUT2D eigenvalue weighted by Gasteiger charge is -2.37. The summed E-state index contributed by atoms with van der Waals surface area (Å²) in [5.41, 5.74) is -4.34. The van der Waals surface area contributed by atoms with Gasteiger partial charge in [0.15, 0.2) is 5.78 Å². The molecule has 0 atom stereocenters. The Morgan fingerprint density at radius 3 is 2.22 bits per heavy atom. The number of alkyl halides is 6. The molecule has 0 heterocycles. The van der Waals surface area contributed by atoms with Crippen LogP contribution in [0.3, 0.4) is 0 Å². The van der Waals surface area contributed by atoms with Crippen LogP contribution in [0.1, 0.15) is 59.2 Å². The topological polar surface area (TPSA) is 63.6 Å². The van der Waals surface area contributed by atoms with E-state index in [1.807, 2.05) is 0 Å². The summed E-state index contributed by atoms with van der Waals surface area (Å²) in [6.07, 6.45) is -8.33. The van der Waals surface area contributed by atoms with Crippen LogP contribution >= 0.6 is 0 Å². The number of carboxylic acid groups (broad SMARTS) is 1. The fraction of sp³-hybridized carbons (Fsp3) is 0.333. The standard InChI is InChI=1S/C27H22F6O4/c28-26(29,30)18-8-6-17(21(14-18)27(31,32)33)15-37-23-19-5-2-1-4-16(19)7-9-20(23)22(34)10-13-25(24(35)36)11-3-12-25/h1-2,4-9,14H,3,10-13,15H2,(H,35,36). The Kier molecular flexibility index (Phi) is 6.96. The number of halogens is 6. The van der Waals surface area contributed by atoms with Crippen molar-refractivity contribution < 1.29 is 45.8 Å². The van der Waals surface area contributed by atoms with Crippen LogP contribution in [0.2, 0.25) is 0 Å². The first-order valence-corrected chi connectivity index (χ1v) is 11.5. The van der Waals surface area contributed by atoms with Gasteiger partial charge in [0.05, 0.1) is 22.1 Å². The van der Waals surface area contributed by atoms with E-state index in [9.17, 15) is 41.0 Å². The number of hydrogen-bond acceptors (Lipinski definition) is 3. The van der Waals surface area contributed by atoms with Gasteiger partial charge < -0.3 is 9.84 Å². The molecule has 3 aromatic carbocycles. The molecule has 1 N–H and O–H groups in total. The van der Waals surface area contributed by atoms with Gasteiger partial charge in [-0.2, -0.15) is 26.3 Å². The molecular formula is C27H22F6O4. The quantitative estimate of drug-likeness (QED) is 0.243. The van der Waals surface area contributed by atoms with Crippen LogP contribution in [0.4, 0.5) is 26.3 Å². The highest BCUT2D eigenvalue weighted by Crippen LogP contribution is 2.46. The molecule has 1 fully saturated rings. The van der Waals surface area contributed by atoms with E-state index in [2.05, 4.69) is 0 Å². The van der Waals surface area contributed by atoms with E-state index in [4.69, 9.17) is 4.74 Å². The Bertz CT molecular complexity index is 1340. The van der Waals surface area contributed by atoms with Crippen LogP contribution in [-0.2, 0) is 23.8 Å². The van der Waals surface area contributed by atoms with Gasteiger partial charge in [-0.15, -0.1) is 0 Å². The number of ether oxygens (including phenoxy) is 1. The van der Waals surface area contributed by atoms with Crippen molar-refractivity contribution in [1.82, 2.24) is 0 Å². The Morgan fingerprint density at radius 2 is 1.62 bits per heavy atom. The van der Waals surface area contributed by atoms with Gasteiger partial charge in [0.25, 0.3) is 0 Å². The summed E-state index contributed by atoms with van der Waals surface area (Å²) in [5.74, 6) is -1.41. The zero-order valence-electron chi connectivity index (χ0n) is 19.4. The summed E-state index contributed by atoms with van der Waals surface area (Å²) in [5, 5.41) is 10.6. The second-order valence-corrected chi connectivity index (χ2v) is 9.18. The van der Waals surface area contributed by atoms with Crippen LogP contribution in [0.5, 0.6) is 5.75 Å². The van der Waals surface area contributed by atoms with Crippen LogP contribution in [-0.4, -0.2) is 16.9 Å². The minimum atomic E-state index is -5.06. The van der Waals surface area contributed by atoms with Crippen molar-refractivity contribution in [2.75, 3.05) is 0 Å². The largest absolute Gasteiger partial charge is 0.487 e. The average Bonchev–Trinajstić information content (AvgIpc) is 2.80. The van der Waals surface area contributed by atoms with Gasteiger partial charge in [0.1, 0.15) is 12.4 Å². The highest BCUT2D eigenvalue weighted by Gasteiger charge is 2.44. The molecule has 37 heavy (non-hydrogen) atoms. The molecule has 0 spiro atoms. The van der Waals surface area contributed by atoms with Crippen molar-refractivity contribution in [1.29, 1.82) is 0 Å². The monoisotopic (exact) mass is 524 g/mol. The number of fused-ring (bicyclic) bond motifs is 1. The molecule has 0 amide bonds. The number of hydrogen-bond donors (Lipinski definition) is 1. The molecule has 4 rings (SSSR count). The number of carboxylic acids is 1. The lowest BCUT2D eigenvalue weighted by Crippen LogP contribution is -2.38. The van der Waals surface area contributed by atoms with E-state index < -0.39 is 52.8 Å². The van der Waals surface area contributed by atoms with Gasteiger partial charge in [0, 0.05) is 17.4 Å². The van der Waals surface area contributed by atoms with Crippen molar-refractivity contribution in [3.05, 3.63) is 76.9 Å². The molecular weight excluding hydrogens is 502 g/mol. The Hall–Kier alpha value is -3.56. The van der Waals surface area contributed by atoms with Gasteiger partial charge in [-0.05, 0) is 42.8 Å². The lowest BCUT2D eigenvalue weighted by atomic mass is 9.66. The third kappa shape index (κ3) is 5.42. The Morgan fingerprint density at radius 1 is 0.919 bits per heavy atom. The second kappa shape index (κ2) is 9.72. The predicted octanol–water partition coefficient (Wildman–Crippen LogP) is 7.67. The molecule has 0 bridgehead atoms. The lowest BCUT2D eigenvalue weighted by molar-refractivity contribution is -0.155. The van der Waals surface area contributed by atoms with Crippen LogP contribution in [0.25, 0.3) is 10.8 Å². The summed E-state index contributed by atoms with van der Waals surface area (Å²) >= 11 is 0. The average molecular weight is 524 g/mol. The van der Waals surface area contributed by atoms with Crippen LogP contribution < -0.4 is 4.74 Å². The SMILES string of the molecule is O=C(CCC1(C(=O)O)CCC1)c1ccc2ccccc2c1OCc1ccc(C(F)(F)F)cc1C(F)(F)F. The van der Waals surface area contributed by atoms with E-state index in [0.29, 0.717) is 35.7 Å². The van der Waals surface area contributed by atoms with Crippen LogP contribution in [0.15, 0.2) is 54.6 Å². The molecule has 0 aromatic heterocycles. The maximum atomic E-state index is 13.6. The van der Waals surface area contributed by atoms with Crippen molar-refractivity contribution in [3.8, 4) is 5.75 Å². The molecule has 0 radical (unpaired) electrons. The minimum Gasteiger partial charge on any atom is -0.487 e. The summed E-state index contributed by atoms with van der Waals surface area (Å²) < 4.78 is 85.6. The molecule has 10 heteroatoms. The molecule has 196 valence electrons. The third-order valence-corrected chi connectivity index (χ3v) is 6.89. The normalized spacial score (nSPS) is 15.3. The number of carbonyl (C=O) groups is 2. The second-order valence-electron chi connectivity index (χ2n) is 9.18. The fourth-order valence-corrected chi connectivity index (χ4v) is 4.57. The van der Waals surface area contributed by atoms with Crippen LogP contribution in [0, 0.1) is 5.41 Å². The minimum absolute atomic E-state index is 0.00546. The van der Waals surface area contributed by atoms with Gasteiger partial charge in [-0.25, -0.2) is 0 Å². The number of carbonyl (C=O) groups excluding carboxylic acids is 1. The predicted molar refractivity (Wildman–Crippen MR) is 122 cm³/mol. The summed E-state index contributed by atoms with van der Waals surface area (Å²) in [4.78, 5) is 24.8. The molecule has 1 aliphatic rings. The highest BCUT2D eigenvalue weighted by molar-refractivity contribution is 6.05. The van der Waals surface area contributed by atoms with E-state index in [1.165, 1.54) is 6.07 Å². The zero-order valence-corrected chi connectivity index (χ0v) is 19.4. The maximum Gasteiger partial charge on any atom is 0.416 e. The number of Topliss-reactive ketones (excluding diaryl/α,β-unsaturated/α-hetero) is 1. The van der Waals surface area contributed by atoms with Crippen molar-refractivity contribution in [3.63, 3.8) is 0 Å². The number of aliphatic carboxylic acids is 1. The molecule has 0 aliphatic heterocycles. The highest BCUT2D eigenvalue weighted by atomic mass is 19.4. The summed E-state index contributed by atoms with van der Waals surface area (Å²) in [6.45, 7) is -0.736. The van der Waals surface area contributed by atoms with Gasteiger partial charge in [0.2, 0.25) is 0 Å². The number of rotatable bonds is 8. The maximum absolute atomic E-state index is 13.6. The molecule has 3 aromatic rings. The third-order valence-electron chi connectivity index (χ3n) is 6.89. The van der Waals surface area contributed by atoms with Crippen molar-refractivity contribution in [2.24, 2.45) is 5.41 Å². The Balaban J connectivity index is 1.67. The molecule has 1 saturated carbocycles. The zero-order chi connectivity index (χ0) is 27.0. The first kappa shape index (κ1) is 26.5. The van der Waals surface area contributed by atoms with E-state index in [0.717, 1.165) is 6.42 Å². The first-order valence-electron chi connectivity index (χ1n) is 11.5. The van der Waals surface area contributed by atoms with E-state index in [-0.39, 0.29) is 30.2 Å². The Labute approximate surface area is 207 Å². The fourth-order valence-electron chi connectivity index (χ4n) is 4.57. The van der Waals surface area contributed by atoms with Gasteiger partial charge >= 0.3 is 18.3 Å². The summed E-state index contributed by atoms with van der Waals surface area (Å²) in [6, 6.07) is 11.1. The van der Waals surface area contributed by atoms with Gasteiger partial charge in [-0.1, -0.05) is 42.8 Å².